The van der Waals surface area contributed by atoms with Crippen LogP contribution in [0.1, 0.15) is 25.7 Å². The summed E-state index contributed by atoms with van der Waals surface area (Å²) in [6, 6.07) is 2.11. The maximum Gasteiger partial charge on any atom is 0.227 e. The highest BCUT2D eigenvalue weighted by Gasteiger charge is 2.49. The summed E-state index contributed by atoms with van der Waals surface area (Å²) in [6.07, 6.45) is 3.77. The first-order valence-corrected chi connectivity index (χ1v) is 7.09. The van der Waals surface area contributed by atoms with Gasteiger partial charge in [0.05, 0.1) is 25.0 Å². The van der Waals surface area contributed by atoms with Gasteiger partial charge in [-0.1, -0.05) is 0 Å². The Morgan fingerprint density at radius 2 is 2.16 bits per heavy atom. The van der Waals surface area contributed by atoms with E-state index in [0.717, 1.165) is 12.8 Å². The molecule has 0 aromatic carbocycles. The number of rotatable bonds is 6. The highest BCUT2D eigenvalue weighted by molar-refractivity contribution is 5.80. The Hall–Kier alpha value is -1.12. The van der Waals surface area contributed by atoms with Crippen molar-refractivity contribution >= 4 is 5.91 Å². The molecule has 0 spiro atoms. The van der Waals surface area contributed by atoms with Crippen LogP contribution in [0.25, 0.3) is 0 Å². The van der Waals surface area contributed by atoms with Gasteiger partial charge in [-0.2, -0.15) is 5.26 Å². The molecule has 0 aromatic rings. The van der Waals surface area contributed by atoms with Crippen LogP contribution in [0.15, 0.2) is 0 Å². The molecule has 4 atom stereocenters. The Labute approximate surface area is 114 Å². The standard InChI is InChI=1S/C14H23N3O2/c1-19-8-7-17(6-2-5-15)14(18)12-10-3-4-11(9-10)13(12)16/h10-13H,2-4,6-9,16H2,1H3. The predicted molar refractivity (Wildman–Crippen MR) is 71.0 cm³/mol. The Morgan fingerprint density at radius 3 is 2.74 bits per heavy atom. The van der Waals surface area contributed by atoms with Gasteiger partial charge < -0.3 is 15.4 Å². The molecule has 2 rings (SSSR count). The number of ether oxygens (including phenoxy) is 1. The van der Waals surface area contributed by atoms with Crippen molar-refractivity contribution in [3.63, 3.8) is 0 Å². The molecule has 2 N–H and O–H groups in total. The molecule has 2 aliphatic rings. The summed E-state index contributed by atoms with van der Waals surface area (Å²) < 4.78 is 5.05. The van der Waals surface area contributed by atoms with E-state index in [9.17, 15) is 4.79 Å². The van der Waals surface area contributed by atoms with E-state index in [0.29, 0.717) is 38.0 Å². The summed E-state index contributed by atoms with van der Waals surface area (Å²) in [6.45, 7) is 1.55. The molecular weight excluding hydrogens is 242 g/mol. The summed E-state index contributed by atoms with van der Waals surface area (Å²) >= 11 is 0. The minimum Gasteiger partial charge on any atom is -0.383 e. The van der Waals surface area contributed by atoms with Gasteiger partial charge in [0.2, 0.25) is 5.91 Å². The van der Waals surface area contributed by atoms with E-state index in [-0.39, 0.29) is 17.9 Å². The number of nitrogens with two attached hydrogens (primary N) is 1. The third-order valence-electron chi connectivity index (χ3n) is 4.64. The van der Waals surface area contributed by atoms with E-state index < -0.39 is 0 Å². The Bertz CT molecular complexity index is 364. The lowest BCUT2D eigenvalue weighted by Gasteiger charge is -2.32. The molecule has 1 amide bonds. The van der Waals surface area contributed by atoms with Gasteiger partial charge in [-0.05, 0) is 31.1 Å². The fourth-order valence-electron chi connectivity index (χ4n) is 3.63. The summed E-state index contributed by atoms with van der Waals surface area (Å²) in [5.41, 5.74) is 6.22. The van der Waals surface area contributed by atoms with Crippen LogP contribution in [-0.4, -0.2) is 43.7 Å². The summed E-state index contributed by atoms with van der Waals surface area (Å²) in [7, 11) is 1.62. The zero-order chi connectivity index (χ0) is 13.8. The molecule has 2 saturated carbocycles. The molecule has 0 aliphatic heterocycles. The Kier molecular flexibility index (Phi) is 4.78. The van der Waals surface area contributed by atoms with E-state index in [1.165, 1.54) is 6.42 Å². The minimum absolute atomic E-state index is 0.0124. The van der Waals surface area contributed by atoms with Crippen LogP contribution < -0.4 is 5.73 Å². The third-order valence-corrected chi connectivity index (χ3v) is 4.64. The molecule has 5 nitrogen and oxygen atoms in total. The van der Waals surface area contributed by atoms with Crippen LogP contribution in [0, 0.1) is 29.1 Å². The SMILES string of the molecule is COCCN(CCC#N)C(=O)C1C2CCC(C2)C1N. The minimum atomic E-state index is -0.0331. The third kappa shape index (κ3) is 2.90. The van der Waals surface area contributed by atoms with Crippen molar-refractivity contribution in [3.8, 4) is 6.07 Å². The summed E-state index contributed by atoms with van der Waals surface area (Å²) in [4.78, 5) is 14.4. The molecule has 2 aliphatic carbocycles. The first-order chi connectivity index (χ1) is 9.19. The highest BCUT2D eigenvalue weighted by Crippen LogP contribution is 2.48. The Balaban J connectivity index is 2.00. The average Bonchev–Trinajstić information content (AvgIpc) is 2.99. The lowest BCUT2D eigenvalue weighted by molar-refractivity contribution is -0.138. The van der Waals surface area contributed by atoms with Crippen LogP contribution in [-0.2, 0) is 9.53 Å². The number of fused-ring (bicyclic) bond motifs is 2. The zero-order valence-corrected chi connectivity index (χ0v) is 11.5. The zero-order valence-electron chi connectivity index (χ0n) is 11.5. The maximum atomic E-state index is 12.6. The predicted octanol–water partition coefficient (Wildman–Crippen LogP) is 0.748. The fraction of sp³-hybridized carbons (Fsp3) is 0.857. The number of carbonyl (C=O) groups excluding carboxylic acids is 1. The number of amides is 1. The van der Waals surface area contributed by atoms with Crippen molar-refractivity contribution in [1.82, 2.24) is 4.90 Å². The molecule has 0 heterocycles. The quantitative estimate of drug-likeness (QED) is 0.768. The van der Waals surface area contributed by atoms with Crippen LogP contribution >= 0.6 is 0 Å². The van der Waals surface area contributed by atoms with Crippen molar-refractivity contribution in [1.29, 1.82) is 5.26 Å². The van der Waals surface area contributed by atoms with Gasteiger partial charge in [0.25, 0.3) is 0 Å². The van der Waals surface area contributed by atoms with E-state index in [4.69, 9.17) is 15.7 Å². The average molecular weight is 265 g/mol. The lowest BCUT2D eigenvalue weighted by atomic mass is 9.84. The van der Waals surface area contributed by atoms with Gasteiger partial charge in [-0.25, -0.2) is 0 Å². The van der Waals surface area contributed by atoms with E-state index in [1.807, 2.05) is 0 Å². The molecule has 0 aromatic heterocycles. The number of hydrogen-bond acceptors (Lipinski definition) is 4. The second-order valence-electron chi connectivity index (χ2n) is 5.66. The molecule has 0 saturated heterocycles. The number of hydrogen-bond donors (Lipinski definition) is 1. The first-order valence-electron chi connectivity index (χ1n) is 7.09. The number of methoxy groups -OCH3 is 1. The van der Waals surface area contributed by atoms with E-state index in [2.05, 4.69) is 6.07 Å². The molecular formula is C14H23N3O2. The molecule has 4 unspecified atom stereocenters. The topological polar surface area (TPSA) is 79.3 Å². The second kappa shape index (κ2) is 6.36. The molecule has 106 valence electrons. The summed E-state index contributed by atoms with van der Waals surface area (Å²) in [5.74, 6) is 1.08. The van der Waals surface area contributed by atoms with Gasteiger partial charge in [-0.3, -0.25) is 4.79 Å². The summed E-state index contributed by atoms with van der Waals surface area (Å²) in [5, 5.41) is 8.70. The lowest BCUT2D eigenvalue weighted by Crippen LogP contribution is -2.48. The molecule has 0 radical (unpaired) electrons. The van der Waals surface area contributed by atoms with Crippen molar-refractivity contribution in [2.45, 2.75) is 31.7 Å². The highest BCUT2D eigenvalue weighted by atomic mass is 16.5. The molecule has 2 bridgehead atoms. The van der Waals surface area contributed by atoms with Gasteiger partial charge >= 0.3 is 0 Å². The molecule has 2 fully saturated rings. The maximum absolute atomic E-state index is 12.6. The smallest absolute Gasteiger partial charge is 0.227 e. The number of nitriles is 1. The fourth-order valence-corrected chi connectivity index (χ4v) is 3.63. The largest absolute Gasteiger partial charge is 0.383 e. The van der Waals surface area contributed by atoms with Crippen LogP contribution in [0.5, 0.6) is 0 Å². The van der Waals surface area contributed by atoms with Crippen molar-refractivity contribution in [2.24, 2.45) is 23.5 Å². The van der Waals surface area contributed by atoms with Crippen LogP contribution in [0.3, 0.4) is 0 Å². The second-order valence-corrected chi connectivity index (χ2v) is 5.66. The number of nitrogens with zero attached hydrogens (tertiary/aromatic N) is 2. The molecule has 5 heteroatoms. The normalized spacial score (nSPS) is 32.3. The van der Waals surface area contributed by atoms with Crippen LogP contribution in [0.4, 0.5) is 0 Å². The van der Waals surface area contributed by atoms with Crippen molar-refractivity contribution in [2.75, 3.05) is 26.8 Å². The Morgan fingerprint density at radius 1 is 1.42 bits per heavy atom. The van der Waals surface area contributed by atoms with Gasteiger partial charge in [-0.15, -0.1) is 0 Å². The van der Waals surface area contributed by atoms with Crippen molar-refractivity contribution in [3.05, 3.63) is 0 Å². The van der Waals surface area contributed by atoms with E-state index >= 15 is 0 Å². The molecule has 19 heavy (non-hydrogen) atoms. The van der Waals surface area contributed by atoms with Gasteiger partial charge in [0.1, 0.15) is 0 Å². The van der Waals surface area contributed by atoms with Gasteiger partial charge in [0, 0.05) is 26.2 Å². The van der Waals surface area contributed by atoms with Crippen molar-refractivity contribution < 1.29 is 9.53 Å². The van der Waals surface area contributed by atoms with E-state index in [1.54, 1.807) is 12.0 Å². The number of carbonyl (C=O) groups is 1. The van der Waals surface area contributed by atoms with Crippen LogP contribution in [0.2, 0.25) is 0 Å². The first kappa shape index (κ1) is 14.3. The van der Waals surface area contributed by atoms with Gasteiger partial charge in [0.15, 0.2) is 0 Å². The monoisotopic (exact) mass is 265 g/mol.